The molecule has 16 heavy (non-hydrogen) atoms. The van der Waals surface area contributed by atoms with Gasteiger partial charge in [0.15, 0.2) is 0 Å². The fourth-order valence-electron chi connectivity index (χ4n) is 1.75. The Kier molecular flexibility index (Phi) is 2.84. The zero-order chi connectivity index (χ0) is 11.9. The van der Waals surface area contributed by atoms with Gasteiger partial charge in [0.25, 0.3) is 0 Å². The van der Waals surface area contributed by atoms with Gasteiger partial charge < -0.3 is 4.90 Å². The molecule has 0 aliphatic heterocycles. The molecule has 0 aliphatic rings. The molecule has 2 aromatic rings. The Labute approximate surface area is 100 Å². The molecule has 0 atom stereocenters. The van der Waals surface area contributed by atoms with Gasteiger partial charge in [0.05, 0.1) is 5.39 Å². The minimum Gasteiger partial charge on any atom is -0.362 e. The Morgan fingerprint density at radius 3 is 2.44 bits per heavy atom. The number of nitrogens with zero attached hydrogens (tertiary/aromatic N) is 3. The van der Waals surface area contributed by atoms with E-state index in [0.29, 0.717) is 0 Å². The zero-order valence-electron chi connectivity index (χ0n) is 10.5. The predicted octanol–water partition coefficient (Wildman–Crippen LogP) is 2.94. The Morgan fingerprint density at radius 2 is 1.88 bits per heavy atom. The summed E-state index contributed by atoms with van der Waals surface area (Å²) >= 11 is 1.76. The number of anilines is 1. The minimum atomic E-state index is 0.882. The number of thiophene rings is 1. The summed E-state index contributed by atoms with van der Waals surface area (Å²) in [5.74, 6) is 1.97. The zero-order valence-corrected chi connectivity index (χ0v) is 11.3. The first kappa shape index (κ1) is 11.3. The van der Waals surface area contributed by atoms with Crippen molar-refractivity contribution >= 4 is 27.4 Å². The van der Waals surface area contributed by atoms with E-state index in [1.807, 2.05) is 14.1 Å². The van der Waals surface area contributed by atoms with Crippen LogP contribution in [0.1, 0.15) is 23.2 Å². The molecule has 0 fully saturated rings. The van der Waals surface area contributed by atoms with E-state index in [1.54, 1.807) is 11.3 Å². The smallest absolute Gasteiger partial charge is 0.140 e. The Hall–Kier alpha value is -1.16. The van der Waals surface area contributed by atoms with E-state index in [1.165, 1.54) is 15.8 Å². The third-order valence-corrected chi connectivity index (χ3v) is 3.90. The molecule has 2 aromatic heterocycles. The lowest BCUT2D eigenvalue weighted by Gasteiger charge is -2.14. The number of fused-ring (bicyclic) bond motifs is 1. The molecular weight excluding hydrogens is 218 g/mol. The first-order valence-electron chi connectivity index (χ1n) is 5.48. The second-order valence-electron chi connectivity index (χ2n) is 4.17. The number of aryl methyl sites for hydroxylation is 3. The van der Waals surface area contributed by atoms with Crippen LogP contribution in [0.4, 0.5) is 5.82 Å². The van der Waals surface area contributed by atoms with E-state index in [-0.39, 0.29) is 0 Å². The maximum Gasteiger partial charge on any atom is 0.140 e. The van der Waals surface area contributed by atoms with Gasteiger partial charge in [-0.1, -0.05) is 6.92 Å². The van der Waals surface area contributed by atoms with Crippen LogP contribution in [0.3, 0.4) is 0 Å². The maximum atomic E-state index is 4.61. The molecule has 0 N–H and O–H groups in total. The summed E-state index contributed by atoms with van der Waals surface area (Å²) in [6.45, 7) is 6.39. The molecule has 0 spiro atoms. The molecule has 0 bridgehead atoms. The van der Waals surface area contributed by atoms with E-state index in [4.69, 9.17) is 0 Å². The Balaban J connectivity index is 2.82. The van der Waals surface area contributed by atoms with Crippen molar-refractivity contribution < 1.29 is 0 Å². The minimum absolute atomic E-state index is 0.882. The van der Waals surface area contributed by atoms with E-state index in [2.05, 4.69) is 35.6 Å². The monoisotopic (exact) mass is 235 g/mol. The molecule has 0 saturated carbocycles. The first-order valence-corrected chi connectivity index (χ1v) is 6.30. The Bertz CT molecular complexity index is 529. The van der Waals surface area contributed by atoms with Gasteiger partial charge in [0, 0.05) is 25.4 Å². The van der Waals surface area contributed by atoms with Crippen molar-refractivity contribution in [2.24, 2.45) is 0 Å². The van der Waals surface area contributed by atoms with Crippen molar-refractivity contribution in [3.05, 3.63) is 16.3 Å². The van der Waals surface area contributed by atoms with E-state index in [9.17, 15) is 0 Å². The lowest BCUT2D eigenvalue weighted by atomic mass is 10.2. The van der Waals surface area contributed by atoms with Gasteiger partial charge in [-0.2, -0.15) is 0 Å². The molecule has 2 heterocycles. The number of aromatic nitrogens is 2. The highest BCUT2D eigenvalue weighted by molar-refractivity contribution is 7.18. The molecule has 0 amide bonds. The van der Waals surface area contributed by atoms with E-state index < -0.39 is 0 Å². The summed E-state index contributed by atoms with van der Waals surface area (Å²) in [5, 5.41) is 1.21. The highest BCUT2D eigenvalue weighted by Gasteiger charge is 2.14. The van der Waals surface area contributed by atoms with Gasteiger partial charge in [-0.25, -0.2) is 9.97 Å². The van der Waals surface area contributed by atoms with Crippen LogP contribution in [-0.4, -0.2) is 24.1 Å². The molecule has 2 rings (SSSR count). The van der Waals surface area contributed by atoms with E-state index >= 15 is 0 Å². The van der Waals surface area contributed by atoms with E-state index in [0.717, 1.165) is 22.9 Å². The van der Waals surface area contributed by atoms with Crippen LogP contribution in [0.2, 0.25) is 0 Å². The second kappa shape index (κ2) is 4.01. The van der Waals surface area contributed by atoms with Gasteiger partial charge in [0.1, 0.15) is 16.5 Å². The molecule has 3 nitrogen and oxygen atoms in total. The summed E-state index contributed by atoms with van der Waals surface area (Å²) in [6, 6.07) is 0. The van der Waals surface area contributed by atoms with Gasteiger partial charge in [-0.05, 0) is 19.4 Å². The van der Waals surface area contributed by atoms with Crippen molar-refractivity contribution in [1.29, 1.82) is 0 Å². The average Bonchev–Trinajstić information content (AvgIpc) is 2.53. The molecule has 0 saturated heterocycles. The fraction of sp³-hybridized carbons (Fsp3) is 0.500. The summed E-state index contributed by atoms with van der Waals surface area (Å²) in [6.07, 6.45) is 0.882. The van der Waals surface area contributed by atoms with Gasteiger partial charge >= 0.3 is 0 Å². The number of hydrogen-bond acceptors (Lipinski definition) is 4. The largest absolute Gasteiger partial charge is 0.362 e. The normalized spacial score (nSPS) is 11.1. The summed E-state index contributed by atoms with van der Waals surface area (Å²) in [5.41, 5.74) is 1.31. The standard InChI is InChI=1S/C12H17N3S/c1-6-9-13-11(15(4)5)10-7(2)8(3)16-12(10)14-9/h6H2,1-5H3. The second-order valence-corrected chi connectivity index (χ2v) is 5.38. The molecule has 4 heteroatoms. The van der Waals surface area contributed by atoms with Crippen LogP contribution in [0.15, 0.2) is 0 Å². The maximum absolute atomic E-state index is 4.61. The first-order chi connectivity index (χ1) is 7.54. The van der Waals surface area contributed by atoms with Crippen molar-refractivity contribution in [1.82, 2.24) is 9.97 Å². The third kappa shape index (κ3) is 1.67. The molecule has 86 valence electrons. The Morgan fingerprint density at radius 1 is 1.19 bits per heavy atom. The van der Waals surface area contributed by atoms with Crippen molar-refractivity contribution in [2.75, 3.05) is 19.0 Å². The van der Waals surface area contributed by atoms with Gasteiger partial charge in [-0.15, -0.1) is 11.3 Å². The van der Waals surface area contributed by atoms with Crippen LogP contribution in [0.25, 0.3) is 10.2 Å². The number of rotatable bonds is 2. The fourth-order valence-corrected chi connectivity index (χ4v) is 2.80. The average molecular weight is 235 g/mol. The SMILES string of the molecule is CCc1nc(N(C)C)c2c(C)c(C)sc2n1. The van der Waals surface area contributed by atoms with Crippen LogP contribution < -0.4 is 4.90 Å². The van der Waals surface area contributed by atoms with Crippen molar-refractivity contribution in [3.63, 3.8) is 0 Å². The topological polar surface area (TPSA) is 29.0 Å². The highest BCUT2D eigenvalue weighted by atomic mass is 32.1. The predicted molar refractivity (Wildman–Crippen MR) is 70.6 cm³/mol. The quantitative estimate of drug-likeness (QED) is 0.801. The van der Waals surface area contributed by atoms with Crippen LogP contribution in [0, 0.1) is 13.8 Å². The number of hydrogen-bond donors (Lipinski definition) is 0. The van der Waals surface area contributed by atoms with Crippen molar-refractivity contribution in [2.45, 2.75) is 27.2 Å². The van der Waals surface area contributed by atoms with Crippen LogP contribution in [-0.2, 0) is 6.42 Å². The lowest BCUT2D eigenvalue weighted by Crippen LogP contribution is -2.12. The summed E-state index contributed by atoms with van der Waals surface area (Å²) in [4.78, 5) is 13.7. The molecule has 0 aliphatic carbocycles. The molecule has 0 unspecified atom stereocenters. The third-order valence-electron chi connectivity index (χ3n) is 2.80. The molecule has 0 radical (unpaired) electrons. The molecule has 0 aromatic carbocycles. The van der Waals surface area contributed by atoms with Gasteiger partial charge in [0.2, 0.25) is 0 Å². The van der Waals surface area contributed by atoms with Gasteiger partial charge in [-0.3, -0.25) is 0 Å². The summed E-state index contributed by atoms with van der Waals surface area (Å²) in [7, 11) is 4.07. The highest BCUT2D eigenvalue weighted by Crippen LogP contribution is 2.34. The lowest BCUT2D eigenvalue weighted by molar-refractivity contribution is 0.940. The molecular formula is C12H17N3S. The van der Waals surface area contributed by atoms with Crippen molar-refractivity contribution in [3.8, 4) is 0 Å². The summed E-state index contributed by atoms with van der Waals surface area (Å²) < 4.78 is 0. The van der Waals surface area contributed by atoms with Crippen LogP contribution >= 0.6 is 11.3 Å². The van der Waals surface area contributed by atoms with Crippen LogP contribution in [0.5, 0.6) is 0 Å².